The van der Waals surface area contributed by atoms with Gasteiger partial charge in [0.2, 0.25) is 0 Å². The molecule has 3 nitrogen and oxygen atoms in total. The van der Waals surface area contributed by atoms with Gasteiger partial charge >= 0.3 is 0 Å². The van der Waals surface area contributed by atoms with Crippen molar-refractivity contribution in [2.75, 3.05) is 21.3 Å². The Kier molecular flexibility index (Phi) is 6.03. The first-order chi connectivity index (χ1) is 9.49. The van der Waals surface area contributed by atoms with E-state index in [1.165, 1.54) is 11.1 Å². The summed E-state index contributed by atoms with van der Waals surface area (Å²) in [5, 5.41) is 3.45. The molecular weight excluding hydrogens is 250 g/mol. The largest absolute Gasteiger partial charge is 0.496 e. The highest BCUT2D eigenvalue weighted by Crippen LogP contribution is 2.37. The summed E-state index contributed by atoms with van der Waals surface area (Å²) >= 11 is 0. The van der Waals surface area contributed by atoms with E-state index in [1.807, 2.05) is 14.2 Å². The average Bonchev–Trinajstić information content (AvgIpc) is 2.47. The smallest absolute Gasteiger partial charge is 0.122 e. The Hall–Kier alpha value is -1.06. The van der Waals surface area contributed by atoms with Crippen molar-refractivity contribution >= 4 is 0 Å². The van der Waals surface area contributed by atoms with Gasteiger partial charge in [-0.05, 0) is 56.5 Å². The summed E-state index contributed by atoms with van der Waals surface area (Å²) in [6, 6.07) is 4.50. The van der Waals surface area contributed by atoms with Crippen LogP contribution in [0.1, 0.15) is 49.4 Å². The monoisotopic (exact) mass is 279 g/mol. The van der Waals surface area contributed by atoms with E-state index in [-0.39, 0.29) is 11.6 Å². The third-order valence-electron chi connectivity index (χ3n) is 4.51. The lowest BCUT2D eigenvalue weighted by Crippen LogP contribution is -2.44. The molecule has 0 aromatic heterocycles. The molecular formula is C17H29NO2. The summed E-state index contributed by atoms with van der Waals surface area (Å²) in [6.45, 7) is 8.58. The van der Waals surface area contributed by atoms with Gasteiger partial charge in [0.1, 0.15) is 5.75 Å². The van der Waals surface area contributed by atoms with Crippen molar-refractivity contribution in [3.05, 3.63) is 28.8 Å². The third-order valence-corrected chi connectivity index (χ3v) is 4.51. The lowest BCUT2D eigenvalue weighted by atomic mass is 9.81. The Morgan fingerprint density at radius 3 is 2.10 bits per heavy atom. The second-order valence-electron chi connectivity index (χ2n) is 5.38. The minimum atomic E-state index is -0.180. The van der Waals surface area contributed by atoms with Crippen molar-refractivity contribution in [2.24, 2.45) is 0 Å². The van der Waals surface area contributed by atoms with Crippen LogP contribution in [0.15, 0.2) is 12.1 Å². The van der Waals surface area contributed by atoms with Gasteiger partial charge in [0.05, 0.1) is 18.8 Å². The Morgan fingerprint density at radius 1 is 1.10 bits per heavy atom. The zero-order valence-electron chi connectivity index (χ0n) is 14.0. The fourth-order valence-electron chi connectivity index (χ4n) is 3.11. The van der Waals surface area contributed by atoms with Gasteiger partial charge in [-0.25, -0.2) is 0 Å². The number of likely N-dealkylation sites (N-methyl/N-ethyl adjacent to an activating group) is 1. The molecule has 1 atom stereocenters. The highest BCUT2D eigenvalue weighted by Gasteiger charge is 2.36. The van der Waals surface area contributed by atoms with Gasteiger partial charge in [-0.15, -0.1) is 0 Å². The molecule has 3 heteroatoms. The third kappa shape index (κ3) is 2.99. The van der Waals surface area contributed by atoms with Gasteiger partial charge < -0.3 is 14.8 Å². The fourth-order valence-corrected chi connectivity index (χ4v) is 3.11. The molecule has 0 fully saturated rings. The van der Waals surface area contributed by atoms with Crippen LogP contribution < -0.4 is 10.1 Å². The topological polar surface area (TPSA) is 30.5 Å². The molecule has 0 aliphatic carbocycles. The summed E-state index contributed by atoms with van der Waals surface area (Å²) in [7, 11) is 5.53. The molecule has 0 spiro atoms. The van der Waals surface area contributed by atoms with Crippen molar-refractivity contribution < 1.29 is 9.47 Å². The molecule has 0 amide bonds. The molecule has 0 aliphatic heterocycles. The van der Waals surface area contributed by atoms with Gasteiger partial charge in [0.25, 0.3) is 0 Å². The van der Waals surface area contributed by atoms with E-state index in [4.69, 9.17) is 9.47 Å². The summed E-state index contributed by atoms with van der Waals surface area (Å²) in [5.74, 6) is 0.942. The summed E-state index contributed by atoms with van der Waals surface area (Å²) < 4.78 is 11.3. The van der Waals surface area contributed by atoms with Crippen LogP contribution in [0.2, 0.25) is 0 Å². The van der Waals surface area contributed by atoms with Gasteiger partial charge in [-0.1, -0.05) is 19.9 Å². The Labute approximate surface area is 123 Å². The molecule has 1 unspecified atom stereocenters. The first-order valence-corrected chi connectivity index (χ1v) is 7.37. The van der Waals surface area contributed by atoms with Crippen molar-refractivity contribution in [3.8, 4) is 5.75 Å². The van der Waals surface area contributed by atoms with Crippen LogP contribution in [-0.4, -0.2) is 26.9 Å². The molecule has 0 saturated carbocycles. The number of hydrogen-bond acceptors (Lipinski definition) is 3. The van der Waals surface area contributed by atoms with Crippen molar-refractivity contribution in [2.45, 2.75) is 52.2 Å². The van der Waals surface area contributed by atoms with Crippen LogP contribution in [-0.2, 0) is 4.74 Å². The number of ether oxygens (including phenoxy) is 2. The standard InChI is InChI=1S/C17H29NO2/c1-8-17(9-2,20-7)16(18-5)14-10-13(4)15(19-6)11-12(14)3/h10-11,16,18H,8-9H2,1-7H3. The quantitative estimate of drug-likeness (QED) is 0.824. The highest BCUT2D eigenvalue weighted by atomic mass is 16.5. The molecule has 0 heterocycles. The fraction of sp³-hybridized carbons (Fsp3) is 0.647. The molecule has 1 N–H and O–H groups in total. The maximum atomic E-state index is 5.90. The van der Waals surface area contributed by atoms with E-state index in [9.17, 15) is 0 Å². The van der Waals surface area contributed by atoms with E-state index < -0.39 is 0 Å². The van der Waals surface area contributed by atoms with Gasteiger partial charge in [0, 0.05) is 7.11 Å². The van der Waals surface area contributed by atoms with Crippen LogP contribution in [0, 0.1) is 13.8 Å². The van der Waals surface area contributed by atoms with E-state index in [0.29, 0.717) is 0 Å². The normalized spacial score (nSPS) is 13.3. The Bertz CT molecular complexity index is 431. The number of aryl methyl sites for hydroxylation is 2. The average molecular weight is 279 g/mol. The maximum Gasteiger partial charge on any atom is 0.122 e. The summed E-state index contributed by atoms with van der Waals surface area (Å²) in [4.78, 5) is 0. The zero-order chi connectivity index (χ0) is 15.3. The number of nitrogens with one attached hydrogen (secondary N) is 1. The molecule has 0 bridgehead atoms. The van der Waals surface area contributed by atoms with E-state index >= 15 is 0 Å². The predicted molar refractivity (Wildman–Crippen MR) is 84.6 cm³/mol. The molecule has 0 saturated heterocycles. The molecule has 0 radical (unpaired) electrons. The Balaban J connectivity index is 3.35. The SMILES string of the molecule is CCC(CC)(OC)C(NC)c1cc(C)c(OC)cc1C. The predicted octanol–water partition coefficient (Wildman–Crippen LogP) is 3.78. The zero-order valence-corrected chi connectivity index (χ0v) is 14.0. The number of benzene rings is 1. The van der Waals surface area contributed by atoms with Crippen LogP contribution in [0.5, 0.6) is 5.75 Å². The van der Waals surface area contributed by atoms with Crippen molar-refractivity contribution in [3.63, 3.8) is 0 Å². The molecule has 114 valence electrons. The number of hydrogen-bond donors (Lipinski definition) is 1. The molecule has 1 aromatic rings. The number of methoxy groups -OCH3 is 2. The lowest BCUT2D eigenvalue weighted by molar-refractivity contribution is -0.0469. The molecule has 1 rings (SSSR count). The minimum absolute atomic E-state index is 0.173. The lowest BCUT2D eigenvalue weighted by Gasteiger charge is -2.39. The minimum Gasteiger partial charge on any atom is -0.496 e. The maximum absolute atomic E-state index is 5.90. The van der Waals surface area contributed by atoms with Crippen molar-refractivity contribution in [1.82, 2.24) is 5.32 Å². The van der Waals surface area contributed by atoms with Crippen LogP contribution >= 0.6 is 0 Å². The molecule has 1 aromatic carbocycles. The van der Waals surface area contributed by atoms with E-state index in [1.54, 1.807) is 7.11 Å². The summed E-state index contributed by atoms with van der Waals surface area (Å²) in [5.41, 5.74) is 3.50. The van der Waals surface area contributed by atoms with E-state index in [2.05, 4.69) is 45.1 Å². The van der Waals surface area contributed by atoms with Crippen LogP contribution in [0.4, 0.5) is 0 Å². The second-order valence-corrected chi connectivity index (χ2v) is 5.38. The van der Waals surface area contributed by atoms with Crippen LogP contribution in [0.3, 0.4) is 0 Å². The number of rotatable bonds is 7. The molecule has 20 heavy (non-hydrogen) atoms. The van der Waals surface area contributed by atoms with Gasteiger partial charge in [-0.3, -0.25) is 0 Å². The first-order valence-electron chi connectivity index (χ1n) is 7.37. The summed E-state index contributed by atoms with van der Waals surface area (Å²) in [6.07, 6.45) is 1.94. The van der Waals surface area contributed by atoms with Crippen molar-refractivity contribution in [1.29, 1.82) is 0 Å². The highest BCUT2D eigenvalue weighted by molar-refractivity contribution is 5.43. The van der Waals surface area contributed by atoms with Gasteiger partial charge in [0.15, 0.2) is 0 Å². The van der Waals surface area contributed by atoms with Gasteiger partial charge in [-0.2, -0.15) is 0 Å². The second kappa shape index (κ2) is 7.09. The van der Waals surface area contributed by atoms with Crippen LogP contribution in [0.25, 0.3) is 0 Å². The molecule has 0 aliphatic rings. The van der Waals surface area contributed by atoms with E-state index in [0.717, 1.165) is 24.2 Å². The Morgan fingerprint density at radius 2 is 1.70 bits per heavy atom. The first kappa shape index (κ1) is 17.0.